The number of amides is 2. The Labute approximate surface area is 166 Å². The fraction of sp³-hybridized carbons (Fsp3) is 0.300. The van der Waals surface area contributed by atoms with Crippen LogP contribution in [0.15, 0.2) is 47.5 Å². The minimum atomic E-state index is -0.392. The highest BCUT2D eigenvalue weighted by Crippen LogP contribution is 2.15. The molecule has 0 saturated carbocycles. The average molecular weight is 394 g/mol. The molecule has 1 aliphatic heterocycles. The molecule has 2 N–H and O–H groups in total. The first kappa shape index (κ1) is 18.9. The summed E-state index contributed by atoms with van der Waals surface area (Å²) in [4.78, 5) is 45.2. The Morgan fingerprint density at radius 1 is 1.10 bits per heavy atom. The van der Waals surface area contributed by atoms with Gasteiger partial charge in [0.15, 0.2) is 5.65 Å². The summed E-state index contributed by atoms with van der Waals surface area (Å²) in [6, 6.07) is 8.12. The molecule has 0 aliphatic carbocycles. The molecule has 1 fully saturated rings. The molecule has 0 unspecified atom stereocenters. The third kappa shape index (κ3) is 3.77. The van der Waals surface area contributed by atoms with Crippen LogP contribution in [0.1, 0.15) is 27.6 Å². The molecule has 0 spiro atoms. The number of nitrogens with zero attached hydrogens (tertiary/aromatic N) is 4. The number of fused-ring (bicyclic) bond motifs is 1. The van der Waals surface area contributed by atoms with Gasteiger partial charge in [0.05, 0.1) is 0 Å². The molecular weight excluding hydrogens is 372 g/mol. The molecule has 3 heterocycles. The molecule has 0 bridgehead atoms. The van der Waals surface area contributed by atoms with Crippen LogP contribution in [0.3, 0.4) is 0 Å². The van der Waals surface area contributed by atoms with E-state index in [-0.39, 0.29) is 22.7 Å². The smallest absolute Gasteiger partial charge is 0.272 e. The van der Waals surface area contributed by atoms with Gasteiger partial charge < -0.3 is 15.1 Å². The Kier molecular flexibility index (Phi) is 5.13. The molecule has 0 radical (unpaired) electrons. The lowest BCUT2D eigenvalue weighted by Crippen LogP contribution is -2.48. The van der Waals surface area contributed by atoms with Crippen molar-refractivity contribution in [1.29, 1.82) is 0 Å². The van der Waals surface area contributed by atoms with Crippen LogP contribution in [0.2, 0.25) is 0 Å². The summed E-state index contributed by atoms with van der Waals surface area (Å²) in [5.41, 5.74) is 1.37. The molecule has 9 nitrogen and oxygen atoms in total. The van der Waals surface area contributed by atoms with E-state index in [0.29, 0.717) is 11.3 Å². The van der Waals surface area contributed by atoms with Crippen molar-refractivity contribution in [2.24, 2.45) is 0 Å². The number of aromatic nitrogens is 3. The maximum Gasteiger partial charge on any atom is 0.272 e. The average Bonchev–Trinajstić information content (AvgIpc) is 3.19. The summed E-state index contributed by atoms with van der Waals surface area (Å²) < 4.78 is 1.20. The van der Waals surface area contributed by atoms with Crippen LogP contribution in [0, 0.1) is 0 Å². The van der Waals surface area contributed by atoms with Crippen LogP contribution in [0.5, 0.6) is 0 Å². The summed E-state index contributed by atoms with van der Waals surface area (Å²) in [5, 5.41) is 5.49. The van der Waals surface area contributed by atoms with Crippen molar-refractivity contribution < 1.29 is 9.59 Å². The summed E-state index contributed by atoms with van der Waals surface area (Å²) in [6.07, 6.45) is 2.80. The summed E-state index contributed by atoms with van der Waals surface area (Å²) in [7, 11) is 0. The SMILES string of the molecule is CCN1CCN(C(=O)c2ccc(NC(=O)c3c[nH]n4c(=O)ccnc34)cc2)CC1. The van der Waals surface area contributed by atoms with Crippen LogP contribution < -0.4 is 10.9 Å². The van der Waals surface area contributed by atoms with Gasteiger partial charge in [-0.25, -0.2) is 9.50 Å². The van der Waals surface area contributed by atoms with Crippen LogP contribution in [0.4, 0.5) is 5.69 Å². The Morgan fingerprint density at radius 2 is 1.83 bits per heavy atom. The summed E-state index contributed by atoms with van der Waals surface area (Å²) in [6.45, 7) is 6.33. The van der Waals surface area contributed by atoms with Crippen molar-refractivity contribution in [3.05, 3.63) is 64.2 Å². The molecule has 0 atom stereocenters. The van der Waals surface area contributed by atoms with Gasteiger partial charge in [0.1, 0.15) is 5.56 Å². The van der Waals surface area contributed by atoms with Crippen LogP contribution in [-0.4, -0.2) is 68.9 Å². The number of carbonyl (C=O) groups excluding carboxylic acids is 2. The van der Waals surface area contributed by atoms with Crippen LogP contribution in [0.25, 0.3) is 5.65 Å². The lowest BCUT2D eigenvalue weighted by atomic mass is 10.1. The molecule has 150 valence electrons. The van der Waals surface area contributed by atoms with E-state index >= 15 is 0 Å². The maximum atomic E-state index is 12.7. The molecule has 4 rings (SSSR count). The second-order valence-electron chi connectivity index (χ2n) is 6.89. The Hall–Kier alpha value is -3.46. The van der Waals surface area contributed by atoms with Gasteiger partial charge in [-0.3, -0.25) is 19.5 Å². The van der Waals surface area contributed by atoms with Gasteiger partial charge in [-0.05, 0) is 30.8 Å². The third-order valence-electron chi connectivity index (χ3n) is 5.17. The number of nitrogens with one attached hydrogen (secondary N) is 2. The Morgan fingerprint density at radius 3 is 2.52 bits per heavy atom. The van der Waals surface area contributed by atoms with E-state index in [1.165, 1.54) is 23.0 Å². The molecular formula is C20H22N6O3. The lowest BCUT2D eigenvalue weighted by Gasteiger charge is -2.34. The number of hydrogen-bond donors (Lipinski definition) is 2. The van der Waals surface area contributed by atoms with Gasteiger partial charge in [0.2, 0.25) is 0 Å². The zero-order chi connectivity index (χ0) is 20.4. The van der Waals surface area contributed by atoms with E-state index in [0.717, 1.165) is 32.7 Å². The van der Waals surface area contributed by atoms with Crippen LogP contribution >= 0.6 is 0 Å². The predicted molar refractivity (Wildman–Crippen MR) is 108 cm³/mol. The van der Waals surface area contributed by atoms with Crippen molar-refractivity contribution in [2.45, 2.75) is 6.92 Å². The van der Waals surface area contributed by atoms with Crippen molar-refractivity contribution in [3.8, 4) is 0 Å². The second kappa shape index (κ2) is 7.88. The van der Waals surface area contributed by atoms with Crippen molar-refractivity contribution in [1.82, 2.24) is 24.4 Å². The lowest BCUT2D eigenvalue weighted by molar-refractivity contribution is 0.0643. The first-order valence-electron chi connectivity index (χ1n) is 9.55. The highest BCUT2D eigenvalue weighted by Gasteiger charge is 2.21. The molecule has 1 saturated heterocycles. The third-order valence-corrected chi connectivity index (χ3v) is 5.17. The number of anilines is 1. The van der Waals surface area contributed by atoms with Gasteiger partial charge >= 0.3 is 0 Å². The fourth-order valence-electron chi connectivity index (χ4n) is 3.43. The molecule has 2 aromatic heterocycles. The van der Waals surface area contributed by atoms with E-state index in [2.05, 4.69) is 27.2 Å². The van der Waals surface area contributed by atoms with E-state index < -0.39 is 5.91 Å². The number of piperazine rings is 1. The minimum Gasteiger partial charge on any atom is -0.336 e. The highest BCUT2D eigenvalue weighted by molar-refractivity contribution is 6.08. The number of benzene rings is 1. The van der Waals surface area contributed by atoms with Gasteiger partial charge in [-0.1, -0.05) is 6.92 Å². The van der Waals surface area contributed by atoms with E-state index in [4.69, 9.17) is 0 Å². The van der Waals surface area contributed by atoms with Gasteiger partial charge in [-0.15, -0.1) is 0 Å². The van der Waals surface area contributed by atoms with E-state index in [1.54, 1.807) is 24.3 Å². The van der Waals surface area contributed by atoms with Crippen LogP contribution in [-0.2, 0) is 0 Å². The highest BCUT2D eigenvalue weighted by atomic mass is 16.2. The number of rotatable bonds is 4. The van der Waals surface area contributed by atoms with E-state index in [9.17, 15) is 14.4 Å². The second-order valence-corrected chi connectivity index (χ2v) is 6.89. The summed E-state index contributed by atoms with van der Waals surface area (Å²) >= 11 is 0. The number of hydrogen-bond acceptors (Lipinski definition) is 5. The standard InChI is InChI=1S/C20H22N6O3/c1-2-24-9-11-25(12-10-24)20(29)14-3-5-15(6-4-14)23-19(28)16-13-22-26-17(27)7-8-21-18(16)26/h3-8,13,22H,2,9-12H2,1H3,(H,23,28). The predicted octanol–water partition coefficient (Wildman–Crippen LogP) is 1.05. The zero-order valence-corrected chi connectivity index (χ0v) is 16.1. The fourth-order valence-corrected chi connectivity index (χ4v) is 3.43. The van der Waals surface area contributed by atoms with Crippen molar-refractivity contribution >= 4 is 23.1 Å². The Balaban J connectivity index is 1.44. The normalized spacial score (nSPS) is 14.9. The molecule has 9 heteroatoms. The minimum absolute atomic E-state index is 0.00108. The molecule has 1 aliphatic rings. The monoisotopic (exact) mass is 394 g/mol. The van der Waals surface area contributed by atoms with E-state index in [1.807, 2.05) is 4.90 Å². The van der Waals surface area contributed by atoms with Gasteiger partial charge in [0, 0.05) is 55.9 Å². The van der Waals surface area contributed by atoms with Crippen molar-refractivity contribution in [3.63, 3.8) is 0 Å². The molecule has 3 aromatic rings. The maximum absolute atomic E-state index is 12.7. The number of H-pyrrole nitrogens is 1. The first-order valence-corrected chi connectivity index (χ1v) is 9.55. The topological polar surface area (TPSA) is 103 Å². The van der Waals surface area contributed by atoms with Gasteiger partial charge in [0.25, 0.3) is 17.4 Å². The Bertz CT molecular complexity index is 1090. The molecule has 2 amide bonds. The first-order chi connectivity index (χ1) is 14.1. The number of aromatic amines is 1. The zero-order valence-electron chi connectivity index (χ0n) is 16.1. The molecule has 29 heavy (non-hydrogen) atoms. The molecule has 1 aromatic carbocycles. The van der Waals surface area contributed by atoms with Crippen molar-refractivity contribution in [2.75, 3.05) is 38.0 Å². The number of carbonyl (C=O) groups is 2. The summed E-state index contributed by atoms with van der Waals surface area (Å²) in [5.74, 6) is -0.393. The largest absolute Gasteiger partial charge is 0.336 e. The number of likely N-dealkylation sites (N-methyl/N-ethyl adjacent to an activating group) is 1. The quantitative estimate of drug-likeness (QED) is 0.689. The van der Waals surface area contributed by atoms with Gasteiger partial charge in [-0.2, -0.15) is 0 Å².